The van der Waals surface area contributed by atoms with Gasteiger partial charge in [-0.05, 0) is 43.7 Å². The molecule has 144 valence electrons. The maximum atomic E-state index is 5.82. The minimum absolute atomic E-state index is 0.687. The molecule has 27 heavy (non-hydrogen) atoms. The molecule has 1 heterocycles. The largest absolute Gasteiger partial charge is 0.398 e. The first kappa shape index (κ1) is 21.0. The first-order valence-corrected chi connectivity index (χ1v) is 9.69. The number of pyridine rings is 1. The van der Waals surface area contributed by atoms with Gasteiger partial charge in [0.25, 0.3) is 0 Å². The maximum absolute atomic E-state index is 5.82. The van der Waals surface area contributed by atoms with Crippen LogP contribution in [0.1, 0.15) is 26.0 Å². The van der Waals surface area contributed by atoms with Crippen molar-refractivity contribution < 1.29 is 0 Å². The highest BCUT2D eigenvalue weighted by Gasteiger charge is 2.09. The Balaban J connectivity index is 1.99. The molecule has 0 saturated heterocycles. The first-order chi connectivity index (χ1) is 13.1. The number of nitrogens with two attached hydrogens (primary N) is 1. The van der Waals surface area contributed by atoms with Crippen molar-refractivity contribution in [3.63, 3.8) is 0 Å². The average molecular weight is 384 g/mol. The summed E-state index contributed by atoms with van der Waals surface area (Å²) in [5.74, 6) is 0. The van der Waals surface area contributed by atoms with Crippen LogP contribution in [0.15, 0.2) is 64.3 Å². The van der Waals surface area contributed by atoms with Crippen LogP contribution in [-0.2, 0) is 6.54 Å². The summed E-state index contributed by atoms with van der Waals surface area (Å²) in [6, 6.07) is 11.8. The second-order valence-corrected chi connectivity index (χ2v) is 6.71. The maximum Gasteiger partial charge on any atom is 0.0544 e. The number of hydrogen-bond donors (Lipinski definition) is 3. The van der Waals surface area contributed by atoms with Crippen molar-refractivity contribution in [3.05, 3.63) is 60.1 Å². The van der Waals surface area contributed by atoms with E-state index in [1.807, 2.05) is 49.7 Å². The van der Waals surface area contributed by atoms with Gasteiger partial charge < -0.3 is 11.1 Å². The van der Waals surface area contributed by atoms with Gasteiger partial charge in [0.1, 0.15) is 0 Å². The van der Waals surface area contributed by atoms with Crippen LogP contribution in [0.25, 0.3) is 0 Å². The van der Waals surface area contributed by atoms with Gasteiger partial charge in [0.15, 0.2) is 0 Å². The van der Waals surface area contributed by atoms with Crippen molar-refractivity contribution >= 4 is 30.2 Å². The molecule has 0 spiro atoms. The Morgan fingerprint density at radius 3 is 2.85 bits per heavy atom. The molecule has 0 aliphatic rings. The highest BCUT2D eigenvalue weighted by molar-refractivity contribution is 7.80. The summed E-state index contributed by atoms with van der Waals surface area (Å²) in [5.41, 5.74) is 9.65. The van der Waals surface area contributed by atoms with E-state index in [1.54, 1.807) is 0 Å². The summed E-state index contributed by atoms with van der Waals surface area (Å²) in [6.07, 6.45) is 6.79. The van der Waals surface area contributed by atoms with Gasteiger partial charge in [-0.2, -0.15) is 0 Å². The Morgan fingerprint density at radius 1 is 1.33 bits per heavy atom. The number of benzene rings is 1. The average Bonchev–Trinajstić information content (AvgIpc) is 2.68. The third kappa shape index (κ3) is 7.45. The predicted octanol–water partition coefficient (Wildman–Crippen LogP) is 4.25. The molecule has 0 aliphatic carbocycles. The number of thiol groups is 1. The van der Waals surface area contributed by atoms with Gasteiger partial charge in [-0.3, -0.25) is 14.9 Å². The van der Waals surface area contributed by atoms with Gasteiger partial charge in [-0.25, -0.2) is 0 Å². The molecule has 5 nitrogen and oxygen atoms in total. The second kappa shape index (κ2) is 11.4. The Bertz CT molecular complexity index is 758. The van der Waals surface area contributed by atoms with Crippen molar-refractivity contribution in [1.29, 1.82) is 0 Å². The predicted molar refractivity (Wildman–Crippen MR) is 119 cm³/mol. The van der Waals surface area contributed by atoms with Crippen LogP contribution in [0.4, 0.5) is 11.4 Å². The van der Waals surface area contributed by atoms with Gasteiger partial charge in [0.05, 0.1) is 5.69 Å². The molecule has 2 rings (SSSR count). The molecule has 0 atom stereocenters. The van der Waals surface area contributed by atoms with Crippen LogP contribution in [0, 0.1) is 0 Å². The lowest BCUT2D eigenvalue weighted by Gasteiger charge is -2.22. The fourth-order valence-electron chi connectivity index (χ4n) is 2.59. The van der Waals surface area contributed by atoms with Crippen molar-refractivity contribution in [1.82, 2.24) is 9.88 Å². The fourth-order valence-corrected chi connectivity index (χ4v) is 2.80. The van der Waals surface area contributed by atoms with E-state index in [2.05, 4.69) is 51.9 Å². The standard InChI is InChI=1S/C21H29N5S/c1-3-10-23-17(4-2)15-26(16-19-7-5-6-11-24-19)13-12-25-18-8-9-20(22)21(27)14-18/h4-11,14,25,27H,3,12-13,15-16,22H2,1-2H3/b17-4-,23-10?. The normalized spacial score (nSPS) is 12.1. The molecule has 0 unspecified atom stereocenters. The Kier molecular flexibility index (Phi) is 8.87. The molecule has 0 amide bonds. The molecule has 0 bridgehead atoms. The second-order valence-electron chi connectivity index (χ2n) is 6.23. The number of aliphatic imine (C=N–C) groups is 1. The quantitative estimate of drug-likeness (QED) is 0.326. The van der Waals surface area contributed by atoms with E-state index in [4.69, 9.17) is 5.73 Å². The van der Waals surface area contributed by atoms with E-state index in [0.29, 0.717) is 5.69 Å². The highest BCUT2D eigenvalue weighted by Crippen LogP contribution is 2.20. The topological polar surface area (TPSA) is 66.5 Å². The number of aromatic nitrogens is 1. The summed E-state index contributed by atoms with van der Waals surface area (Å²) in [7, 11) is 0. The Morgan fingerprint density at radius 2 is 2.19 bits per heavy atom. The fraction of sp³-hybridized carbons (Fsp3) is 0.333. The summed E-state index contributed by atoms with van der Waals surface area (Å²) in [4.78, 5) is 12.1. The molecular weight excluding hydrogens is 354 g/mol. The number of anilines is 2. The van der Waals surface area contributed by atoms with E-state index >= 15 is 0 Å². The van der Waals surface area contributed by atoms with Crippen molar-refractivity contribution in [2.75, 3.05) is 30.7 Å². The van der Waals surface area contributed by atoms with E-state index < -0.39 is 0 Å². The molecule has 1 aromatic heterocycles. The first-order valence-electron chi connectivity index (χ1n) is 9.24. The zero-order valence-corrected chi connectivity index (χ0v) is 17.0. The van der Waals surface area contributed by atoms with Gasteiger partial charge >= 0.3 is 0 Å². The molecular formula is C21H29N5S. The monoisotopic (exact) mass is 383 g/mol. The molecule has 0 saturated carbocycles. The van der Waals surface area contributed by atoms with E-state index in [9.17, 15) is 0 Å². The Hall–Kier alpha value is -2.31. The lowest BCUT2D eigenvalue weighted by atomic mass is 10.2. The van der Waals surface area contributed by atoms with Crippen molar-refractivity contribution in [2.24, 2.45) is 4.99 Å². The van der Waals surface area contributed by atoms with Crippen LogP contribution in [0.3, 0.4) is 0 Å². The van der Waals surface area contributed by atoms with Crippen LogP contribution in [-0.4, -0.2) is 35.7 Å². The minimum Gasteiger partial charge on any atom is -0.398 e. The van der Waals surface area contributed by atoms with E-state index in [1.165, 1.54) is 0 Å². The molecule has 1 aromatic carbocycles. The molecule has 2 aromatic rings. The summed E-state index contributed by atoms with van der Waals surface area (Å²) in [5, 5.41) is 3.44. The molecule has 0 aliphatic heterocycles. The zero-order valence-electron chi connectivity index (χ0n) is 16.1. The van der Waals surface area contributed by atoms with Crippen molar-refractivity contribution in [2.45, 2.75) is 31.7 Å². The van der Waals surface area contributed by atoms with Crippen LogP contribution in [0.5, 0.6) is 0 Å². The zero-order chi connectivity index (χ0) is 19.5. The highest BCUT2D eigenvalue weighted by atomic mass is 32.1. The van der Waals surface area contributed by atoms with Crippen molar-refractivity contribution in [3.8, 4) is 0 Å². The molecule has 0 fully saturated rings. The van der Waals surface area contributed by atoms with Gasteiger partial charge in [-0.1, -0.05) is 19.1 Å². The number of hydrogen-bond acceptors (Lipinski definition) is 6. The van der Waals surface area contributed by atoms with Gasteiger partial charge in [0, 0.05) is 60.6 Å². The summed E-state index contributed by atoms with van der Waals surface area (Å²) < 4.78 is 0. The Labute approximate surface area is 167 Å². The van der Waals surface area contributed by atoms with E-state index in [-0.39, 0.29) is 0 Å². The lowest BCUT2D eigenvalue weighted by Crippen LogP contribution is -2.30. The molecule has 0 radical (unpaired) electrons. The van der Waals surface area contributed by atoms with Gasteiger partial charge in [-0.15, -0.1) is 12.6 Å². The SMILES string of the molecule is C/C=C(/CN(CCNc1ccc(N)c(S)c1)Cc1ccccn1)N=CCC. The smallest absolute Gasteiger partial charge is 0.0544 e. The summed E-state index contributed by atoms with van der Waals surface area (Å²) >= 11 is 4.38. The third-order valence-corrected chi connectivity index (χ3v) is 4.45. The number of allylic oxidation sites excluding steroid dienone is 1. The van der Waals surface area contributed by atoms with Crippen LogP contribution in [0.2, 0.25) is 0 Å². The number of nitrogens with one attached hydrogen (secondary N) is 1. The molecule has 3 N–H and O–H groups in total. The number of rotatable bonds is 10. The number of nitrogens with zero attached hydrogens (tertiary/aromatic N) is 3. The number of nitrogen functional groups attached to an aromatic ring is 1. The van der Waals surface area contributed by atoms with Gasteiger partial charge in [0.2, 0.25) is 0 Å². The van der Waals surface area contributed by atoms with Crippen LogP contribution >= 0.6 is 12.6 Å². The summed E-state index contributed by atoms with van der Waals surface area (Å²) in [6.45, 7) is 7.35. The van der Waals surface area contributed by atoms with Crippen LogP contribution < -0.4 is 11.1 Å². The molecule has 6 heteroatoms. The van der Waals surface area contributed by atoms with E-state index in [0.717, 1.165) is 54.6 Å². The lowest BCUT2D eigenvalue weighted by molar-refractivity contribution is 0.295. The third-order valence-electron chi connectivity index (χ3n) is 4.06. The minimum atomic E-state index is 0.687.